The molecular formula is C23H22ClF2N5O4. The van der Waals surface area contributed by atoms with Gasteiger partial charge in [0.2, 0.25) is 0 Å². The van der Waals surface area contributed by atoms with Crippen LogP contribution in [0.4, 0.5) is 20.3 Å². The molecule has 3 N–H and O–H groups in total. The molecule has 4 rings (SSSR count). The van der Waals surface area contributed by atoms with Crippen molar-refractivity contribution in [1.29, 1.82) is 0 Å². The van der Waals surface area contributed by atoms with Gasteiger partial charge in [0.1, 0.15) is 17.9 Å². The lowest BCUT2D eigenvalue weighted by molar-refractivity contribution is -0.0964. The number of hydrogen-bond donors (Lipinski definition) is 3. The topological polar surface area (TPSA) is 121 Å². The monoisotopic (exact) mass is 505 g/mol. The summed E-state index contributed by atoms with van der Waals surface area (Å²) in [5, 5.41) is 22.5. The molecule has 3 heterocycles. The predicted octanol–water partition coefficient (Wildman–Crippen LogP) is 3.14. The number of benzene rings is 1. The Kier molecular flexibility index (Phi) is 7.39. The summed E-state index contributed by atoms with van der Waals surface area (Å²) in [6, 6.07) is 6.95. The highest BCUT2D eigenvalue weighted by molar-refractivity contribution is 6.20. The van der Waals surface area contributed by atoms with Crippen molar-refractivity contribution in [1.82, 2.24) is 15.0 Å². The van der Waals surface area contributed by atoms with Crippen molar-refractivity contribution in [2.75, 3.05) is 29.9 Å². The van der Waals surface area contributed by atoms with Gasteiger partial charge in [-0.1, -0.05) is 0 Å². The number of nitrogens with zero attached hydrogens (tertiary/aromatic N) is 4. The summed E-state index contributed by atoms with van der Waals surface area (Å²) in [5.74, 6) is -0.285. The molecule has 9 nitrogen and oxygen atoms in total. The Morgan fingerprint density at radius 1 is 1.23 bits per heavy atom. The molecule has 1 aliphatic rings. The van der Waals surface area contributed by atoms with E-state index in [-0.39, 0.29) is 30.4 Å². The molecule has 1 fully saturated rings. The summed E-state index contributed by atoms with van der Waals surface area (Å²) in [4.78, 5) is 27.4. The molecule has 1 aliphatic heterocycles. The van der Waals surface area contributed by atoms with E-state index in [0.29, 0.717) is 35.6 Å². The fourth-order valence-electron chi connectivity index (χ4n) is 3.81. The molecule has 0 unspecified atom stereocenters. The number of amides is 1. The van der Waals surface area contributed by atoms with Crippen molar-refractivity contribution in [3.05, 3.63) is 60.8 Å². The Morgan fingerprint density at radius 2 is 1.94 bits per heavy atom. The third-order valence-electron chi connectivity index (χ3n) is 5.60. The van der Waals surface area contributed by atoms with E-state index >= 15 is 0 Å². The highest BCUT2D eigenvalue weighted by Gasteiger charge is 2.30. The molecule has 35 heavy (non-hydrogen) atoms. The average molecular weight is 506 g/mol. The first-order chi connectivity index (χ1) is 16.7. The molecule has 2 aromatic heterocycles. The lowest BCUT2D eigenvalue weighted by Crippen LogP contribution is -2.45. The van der Waals surface area contributed by atoms with Gasteiger partial charge in [-0.25, -0.2) is 15.0 Å². The normalized spacial score (nSPS) is 18.3. The molecule has 12 heteroatoms. The molecule has 184 valence electrons. The fraction of sp³-hybridized carbons (Fsp3) is 0.304. The standard InChI is InChI=1S/C23H22ClF2N5O4/c24-23(25,26)35-18-3-1-17(2-4-18)30-22(34)15-7-19(16-8-27-13-28-9-16)21(29-10-15)31-6-5-14(12-32)20(33)11-31/h1-4,7-10,13-14,20,32-33H,5-6,11-12H2,(H,30,34)/t14-,20-/m0/s1. The number of rotatable bonds is 7. The Hall–Kier alpha value is -3.41. The van der Waals surface area contributed by atoms with Gasteiger partial charge in [-0.15, -0.1) is 8.78 Å². The number of anilines is 2. The van der Waals surface area contributed by atoms with Gasteiger partial charge in [0, 0.05) is 72.6 Å². The van der Waals surface area contributed by atoms with E-state index in [1.807, 2.05) is 4.90 Å². The number of halogens is 3. The number of pyridine rings is 1. The van der Waals surface area contributed by atoms with Crippen molar-refractivity contribution in [2.24, 2.45) is 5.92 Å². The van der Waals surface area contributed by atoms with Crippen molar-refractivity contribution in [3.8, 4) is 16.9 Å². The third kappa shape index (κ3) is 6.18. The zero-order valence-corrected chi connectivity index (χ0v) is 19.1. The molecule has 3 aromatic rings. The number of carbonyl (C=O) groups is 1. The van der Waals surface area contributed by atoms with Gasteiger partial charge < -0.3 is 25.2 Å². The molecule has 2 atom stereocenters. The molecule has 0 radical (unpaired) electrons. The van der Waals surface area contributed by atoms with Crippen molar-refractivity contribution >= 4 is 29.0 Å². The van der Waals surface area contributed by atoms with E-state index in [4.69, 9.17) is 11.6 Å². The van der Waals surface area contributed by atoms with Gasteiger partial charge in [0.25, 0.3) is 5.91 Å². The number of β-amino-alcohol motifs (C(OH)–C–C–N with tert-alkyl or cyclic N) is 1. The Balaban J connectivity index is 1.57. The molecular weight excluding hydrogens is 484 g/mol. The van der Waals surface area contributed by atoms with E-state index in [0.717, 1.165) is 0 Å². The maximum atomic E-state index is 12.9. The Morgan fingerprint density at radius 3 is 2.57 bits per heavy atom. The second kappa shape index (κ2) is 10.5. The quantitative estimate of drug-likeness (QED) is 0.419. The van der Waals surface area contributed by atoms with Crippen LogP contribution < -0.4 is 15.0 Å². The van der Waals surface area contributed by atoms with Crippen LogP contribution in [0.15, 0.2) is 55.2 Å². The molecule has 0 spiro atoms. The van der Waals surface area contributed by atoms with E-state index < -0.39 is 17.6 Å². The van der Waals surface area contributed by atoms with Crippen molar-refractivity contribution < 1.29 is 28.5 Å². The summed E-state index contributed by atoms with van der Waals surface area (Å²) in [5.41, 5.74) is -2.01. The predicted molar refractivity (Wildman–Crippen MR) is 124 cm³/mol. The Labute approximate surface area is 204 Å². The minimum absolute atomic E-state index is 0.0949. The van der Waals surface area contributed by atoms with Gasteiger partial charge >= 0.3 is 5.57 Å². The van der Waals surface area contributed by atoms with Crippen LogP contribution in [0.2, 0.25) is 0 Å². The molecule has 1 aromatic carbocycles. The van der Waals surface area contributed by atoms with Crippen LogP contribution in [0.1, 0.15) is 16.8 Å². The average Bonchev–Trinajstić information content (AvgIpc) is 2.84. The van der Waals surface area contributed by atoms with Gasteiger partial charge in [-0.2, -0.15) is 0 Å². The highest BCUT2D eigenvalue weighted by Crippen LogP contribution is 2.32. The van der Waals surface area contributed by atoms with Gasteiger partial charge in [-0.05, 0) is 36.8 Å². The lowest BCUT2D eigenvalue weighted by Gasteiger charge is -2.36. The zero-order valence-electron chi connectivity index (χ0n) is 18.3. The lowest BCUT2D eigenvalue weighted by atomic mass is 9.94. The molecule has 0 aliphatic carbocycles. The first-order valence-corrected chi connectivity index (χ1v) is 11.1. The van der Waals surface area contributed by atoms with Gasteiger partial charge in [0.05, 0.1) is 11.7 Å². The van der Waals surface area contributed by atoms with Crippen LogP contribution in [0.5, 0.6) is 5.75 Å². The number of carbonyl (C=O) groups excluding carboxylic acids is 1. The van der Waals surface area contributed by atoms with Crippen LogP contribution in [-0.2, 0) is 0 Å². The smallest absolute Gasteiger partial charge is 0.420 e. The van der Waals surface area contributed by atoms with E-state index in [1.54, 1.807) is 18.5 Å². The summed E-state index contributed by atoms with van der Waals surface area (Å²) in [6.45, 7) is 0.750. The SMILES string of the molecule is O=C(Nc1ccc(OC(F)(F)Cl)cc1)c1cnc(N2CC[C@@H](CO)[C@@H](O)C2)c(-c2cncnc2)c1. The van der Waals surface area contributed by atoms with Crippen LogP contribution in [0, 0.1) is 5.92 Å². The first kappa shape index (κ1) is 24.7. The number of aromatic nitrogens is 3. The van der Waals surface area contributed by atoms with E-state index in [1.165, 1.54) is 36.8 Å². The van der Waals surface area contributed by atoms with Crippen molar-refractivity contribution in [3.63, 3.8) is 0 Å². The third-order valence-corrected chi connectivity index (χ3v) is 5.68. The Bertz CT molecular complexity index is 1160. The summed E-state index contributed by atoms with van der Waals surface area (Å²) in [6.07, 6.45) is 5.85. The first-order valence-electron chi connectivity index (χ1n) is 10.7. The summed E-state index contributed by atoms with van der Waals surface area (Å²) < 4.78 is 29.8. The number of nitrogens with one attached hydrogen (secondary N) is 1. The number of aliphatic hydroxyl groups is 2. The number of hydrogen-bond acceptors (Lipinski definition) is 8. The zero-order chi connectivity index (χ0) is 25.0. The van der Waals surface area contributed by atoms with Gasteiger partial charge in [0.15, 0.2) is 0 Å². The number of ether oxygens (including phenoxy) is 1. The van der Waals surface area contributed by atoms with Gasteiger partial charge in [-0.3, -0.25) is 4.79 Å². The minimum atomic E-state index is -3.83. The van der Waals surface area contributed by atoms with Crippen molar-refractivity contribution in [2.45, 2.75) is 18.1 Å². The fourth-order valence-corrected chi connectivity index (χ4v) is 3.90. The maximum Gasteiger partial charge on any atom is 0.487 e. The summed E-state index contributed by atoms with van der Waals surface area (Å²) >= 11 is 4.76. The van der Waals surface area contributed by atoms with Crippen LogP contribution in [0.25, 0.3) is 11.1 Å². The van der Waals surface area contributed by atoms with Crippen LogP contribution in [-0.4, -0.2) is 62.4 Å². The van der Waals surface area contributed by atoms with Crippen LogP contribution in [0.3, 0.4) is 0 Å². The maximum absolute atomic E-state index is 12.9. The highest BCUT2D eigenvalue weighted by atomic mass is 35.5. The molecule has 1 amide bonds. The minimum Gasteiger partial charge on any atom is -0.420 e. The number of piperidine rings is 1. The molecule has 1 saturated heterocycles. The second-order valence-corrected chi connectivity index (χ2v) is 8.43. The number of aliphatic hydroxyl groups excluding tert-OH is 2. The van der Waals surface area contributed by atoms with E-state index in [2.05, 4.69) is 25.0 Å². The second-order valence-electron chi connectivity index (χ2n) is 7.99. The molecule has 0 bridgehead atoms. The number of alkyl halides is 3. The summed E-state index contributed by atoms with van der Waals surface area (Å²) in [7, 11) is 0. The van der Waals surface area contributed by atoms with E-state index in [9.17, 15) is 23.8 Å². The molecule has 0 saturated carbocycles. The largest absolute Gasteiger partial charge is 0.487 e. The van der Waals surface area contributed by atoms with Crippen LogP contribution >= 0.6 is 11.6 Å².